The van der Waals surface area contributed by atoms with Crippen LogP contribution in [0.2, 0.25) is 0 Å². The van der Waals surface area contributed by atoms with E-state index in [4.69, 9.17) is 9.15 Å². The Balaban J connectivity index is 1.66. The summed E-state index contributed by atoms with van der Waals surface area (Å²) in [7, 11) is 1.55. The normalized spacial score (nSPS) is 11.2. The second-order valence-electron chi connectivity index (χ2n) is 6.18. The summed E-state index contributed by atoms with van der Waals surface area (Å²) >= 11 is 0. The third-order valence-electron chi connectivity index (χ3n) is 4.40. The molecule has 28 heavy (non-hydrogen) atoms. The Morgan fingerprint density at radius 1 is 1.14 bits per heavy atom. The van der Waals surface area contributed by atoms with Crippen LogP contribution in [0.3, 0.4) is 0 Å². The molecule has 6 nitrogen and oxygen atoms in total. The summed E-state index contributed by atoms with van der Waals surface area (Å²) in [4.78, 5) is 12.7. The van der Waals surface area contributed by atoms with E-state index in [1.807, 2.05) is 54.6 Å². The molecule has 2 heterocycles. The van der Waals surface area contributed by atoms with E-state index in [9.17, 15) is 4.79 Å². The zero-order valence-corrected chi connectivity index (χ0v) is 15.3. The molecule has 6 heteroatoms. The van der Waals surface area contributed by atoms with Gasteiger partial charge in [-0.1, -0.05) is 36.4 Å². The first kappa shape index (κ1) is 17.6. The van der Waals surface area contributed by atoms with Crippen LogP contribution >= 0.6 is 0 Å². The van der Waals surface area contributed by atoms with Crippen LogP contribution in [-0.2, 0) is 6.54 Å². The molecular weight excluding hydrogens is 354 g/mol. The average molecular weight is 373 g/mol. The summed E-state index contributed by atoms with van der Waals surface area (Å²) < 4.78 is 10.8. The molecule has 0 fully saturated rings. The highest BCUT2D eigenvalue weighted by Gasteiger charge is 2.18. The lowest BCUT2D eigenvalue weighted by Gasteiger charge is -2.10. The van der Waals surface area contributed by atoms with Crippen LogP contribution in [0.4, 0.5) is 0 Å². The van der Waals surface area contributed by atoms with Crippen molar-refractivity contribution < 1.29 is 13.9 Å². The zero-order chi connectivity index (χ0) is 19.3. The van der Waals surface area contributed by atoms with Gasteiger partial charge in [-0.25, -0.2) is 0 Å². The Labute approximate surface area is 161 Å². The minimum atomic E-state index is -0.241. The highest BCUT2D eigenvalue weighted by molar-refractivity contribution is 6.05. The van der Waals surface area contributed by atoms with Gasteiger partial charge in [0.1, 0.15) is 11.5 Å². The fourth-order valence-electron chi connectivity index (χ4n) is 3.03. The first-order chi connectivity index (χ1) is 13.8. The standard InChI is InChI=1S/C22H19N3O3/c1-27-21-17(22(26)23-14-16-8-5-13-28-16)10-12-19-20(21)18(24-25-19)11-9-15-6-3-2-4-7-15/h2-13H,14H2,1H3,(H,23,26)(H,24,25)/b11-9+. The summed E-state index contributed by atoms with van der Waals surface area (Å²) in [5, 5.41) is 11.0. The summed E-state index contributed by atoms with van der Waals surface area (Å²) in [5.41, 5.74) is 3.01. The maximum atomic E-state index is 12.7. The van der Waals surface area contributed by atoms with E-state index < -0.39 is 0 Å². The Morgan fingerprint density at radius 3 is 2.75 bits per heavy atom. The summed E-state index contributed by atoms with van der Waals surface area (Å²) in [5.74, 6) is 0.924. The third kappa shape index (κ3) is 3.53. The molecule has 0 aliphatic carbocycles. The number of aromatic nitrogens is 2. The van der Waals surface area contributed by atoms with Crippen LogP contribution in [0.15, 0.2) is 65.3 Å². The number of carbonyl (C=O) groups excluding carboxylic acids is 1. The maximum Gasteiger partial charge on any atom is 0.255 e. The van der Waals surface area contributed by atoms with E-state index in [0.29, 0.717) is 29.3 Å². The first-order valence-electron chi connectivity index (χ1n) is 8.85. The van der Waals surface area contributed by atoms with Gasteiger partial charge in [-0.15, -0.1) is 0 Å². The predicted molar refractivity (Wildman–Crippen MR) is 108 cm³/mol. The third-order valence-corrected chi connectivity index (χ3v) is 4.40. The molecule has 0 aliphatic heterocycles. The van der Waals surface area contributed by atoms with Gasteiger partial charge in [-0.2, -0.15) is 5.10 Å². The van der Waals surface area contributed by atoms with E-state index in [0.717, 1.165) is 16.5 Å². The molecule has 4 aromatic rings. The molecule has 1 amide bonds. The van der Waals surface area contributed by atoms with Crippen molar-refractivity contribution in [1.29, 1.82) is 0 Å². The molecule has 0 spiro atoms. The molecule has 2 aromatic carbocycles. The van der Waals surface area contributed by atoms with E-state index in [-0.39, 0.29) is 5.91 Å². The van der Waals surface area contributed by atoms with Gasteiger partial charge < -0.3 is 14.5 Å². The van der Waals surface area contributed by atoms with Crippen molar-refractivity contribution in [3.05, 3.63) is 83.4 Å². The number of rotatable bonds is 6. The van der Waals surface area contributed by atoms with Crippen molar-refractivity contribution >= 4 is 29.0 Å². The number of furan rings is 1. The van der Waals surface area contributed by atoms with E-state index in [1.54, 1.807) is 25.5 Å². The van der Waals surface area contributed by atoms with Crippen molar-refractivity contribution in [2.24, 2.45) is 0 Å². The molecule has 2 aromatic heterocycles. The van der Waals surface area contributed by atoms with Gasteiger partial charge >= 0.3 is 0 Å². The lowest BCUT2D eigenvalue weighted by Crippen LogP contribution is -2.23. The van der Waals surface area contributed by atoms with Gasteiger partial charge in [0, 0.05) is 0 Å². The SMILES string of the molecule is COc1c(C(=O)NCc2ccco2)ccc2[nH]nc(/C=C/c3ccccc3)c12. The number of carbonyl (C=O) groups is 1. The smallest absolute Gasteiger partial charge is 0.255 e. The van der Waals surface area contributed by atoms with Crippen molar-refractivity contribution in [3.63, 3.8) is 0 Å². The van der Waals surface area contributed by atoms with Crippen molar-refractivity contribution in [2.75, 3.05) is 7.11 Å². The average Bonchev–Trinajstić information content (AvgIpc) is 3.40. The maximum absolute atomic E-state index is 12.7. The van der Waals surface area contributed by atoms with Crippen molar-refractivity contribution in [3.8, 4) is 5.75 Å². The predicted octanol–water partition coefficient (Wildman–Crippen LogP) is 4.26. The van der Waals surface area contributed by atoms with Crippen molar-refractivity contribution in [1.82, 2.24) is 15.5 Å². The number of hydrogen-bond acceptors (Lipinski definition) is 4. The number of H-pyrrole nitrogens is 1. The Kier molecular flexibility index (Phi) is 4.93. The van der Waals surface area contributed by atoms with Crippen molar-refractivity contribution in [2.45, 2.75) is 6.54 Å². The Morgan fingerprint density at radius 2 is 2.00 bits per heavy atom. The number of aromatic amines is 1. The molecule has 4 rings (SSSR count). The van der Waals surface area contributed by atoms with Crippen LogP contribution in [0, 0.1) is 0 Å². The molecule has 0 radical (unpaired) electrons. The molecule has 2 N–H and O–H groups in total. The largest absolute Gasteiger partial charge is 0.495 e. The van der Waals surface area contributed by atoms with Gasteiger partial charge in [0.05, 0.1) is 42.1 Å². The number of methoxy groups -OCH3 is 1. The minimum absolute atomic E-state index is 0.241. The van der Waals surface area contributed by atoms with Gasteiger partial charge in [0.15, 0.2) is 0 Å². The quantitative estimate of drug-likeness (QED) is 0.529. The monoisotopic (exact) mass is 373 g/mol. The van der Waals surface area contributed by atoms with Crippen LogP contribution in [0.5, 0.6) is 5.75 Å². The molecule has 0 aliphatic rings. The summed E-state index contributed by atoms with van der Waals surface area (Å²) in [6.45, 7) is 0.305. The summed E-state index contributed by atoms with van der Waals surface area (Å²) in [6, 6.07) is 17.1. The van der Waals surface area contributed by atoms with E-state index >= 15 is 0 Å². The van der Waals surface area contributed by atoms with Crippen LogP contribution < -0.4 is 10.1 Å². The van der Waals surface area contributed by atoms with Gasteiger partial charge in [0.25, 0.3) is 5.91 Å². The minimum Gasteiger partial charge on any atom is -0.495 e. The lowest BCUT2D eigenvalue weighted by molar-refractivity contribution is 0.0945. The van der Waals surface area contributed by atoms with Gasteiger partial charge in [-0.05, 0) is 35.9 Å². The lowest BCUT2D eigenvalue weighted by atomic mass is 10.1. The van der Waals surface area contributed by atoms with Crippen LogP contribution in [0.25, 0.3) is 23.1 Å². The summed E-state index contributed by atoms with van der Waals surface area (Å²) in [6.07, 6.45) is 5.45. The molecule has 0 bridgehead atoms. The van der Waals surface area contributed by atoms with Gasteiger partial charge in [-0.3, -0.25) is 9.89 Å². The number of amides is 1. The second kappa shape index (κ2) is 7.84. The Hall–Kier alpha value is -3.80. The molecule has 0 unspecified atom stereocenters. The highest BCUT2D eigenvalue weighted by Crippen LogP contribution is 2.32. The fraction of sp³-hybridized carbons (Fsp3) is 0.0909. The van der Waals surface area contributed by atoms with Crippen LogP contribution in [0.1, 0.15) is 27.4 Å². The zero-order valence-electron chi connectivity index (χ0n) is 15.3. The van der Waals surface area contributed by atoms with E-state index in [2.05, 4.69) is 15.5 Å². The number of nitrogens with one attached hydrogen (secondary N) is 2. The second-order valence-corrected chi connectivity index (χ2v) is 6.18. The number of fused-ring (bicyclic) bond motifs is 1. The topological polar surface area (TPSA) is 80.1 Å². The Bertz CT molecular complexity index is 1110. The fourth-order valence-corrected chi connectivity index (χ4v) is 3.03. The van der Waals surface area contributed by atoms with E-state index in [1.165, 1.54) is 0 Å². The van der Waals surface area contributed by atoms with Crippen LogP contribution in [-0.4, -0.2) is 23.2 Å². The number of ether oxygens (including phenoxy) is 1. The molecule has 0 atom stereocenters. The number of hydrogen-bond donors (Lipinski definition) is 2. The van der Waals surface area contributed by atoms with Gasteiger partial charge in [0.2, 0.25) is 0 Å². The first-order valence-corrected chi connectivity index (χ1v) is 8.85. The number of nitrogens with zero attached hydrogens (tertiary/aromatic N) is 1. The molecule has 0 saturated heterocycles. The molecule has 140 valence electrons. The highest BCUT2D eigenvalue weighted by atomic mass is 16.5. The molecule has 0 saturated carbocycles. The number of benzene rings is 2. The molecular formula is C22H19N3O3.